The average Bonchev–Trinajstić information content (AvgIpc) is 2.69. The van der Waals surface area contributed by atoms with Crippen LogP contribution in [0.5, 0.6) is 0 Å². The van der Waals surface area contributed by atoms with Gasteiger partial charge in [-0.25, -0.2) is 4.79 Å². The molecule has 1 unspecified atom stereocenters. The number of aliphatic hydroxyl groups is 1. The summed E-state index contributed by atoms with van der Waals surface area (Å²) in [5.74, 6) is 0. The van der Waals surface area contributed by atoms with Crippen molar-refractivity contribution < 1.29 is 9.90 Å². The summed E-state index contributed by atoms with van der Waals surface area (Å²) in [6.45, 7) is 1.42. The average molecular weight is 220 g/mol. The standard InChI is InChI=1S/C12H16N2O2/c15-8-4-7-14-9-11(13-12(14)16)10-5-2-1-3-6-10/h1-3,5-6,11,15H,4,7-9H2,(H,13,16). The van der Waals surface area contributed by atoms with Gasteiger partial charge < -0.3 is 15.3 Å². The molecule has 0 bridgehead atoms. The van der Waals surface area contributed by atoms with Crippen molar-refractivity contribution in [3.63, 3.8) is 0 Å². The molecular weight excluding hydrogens is 204 g/mol. The fourth-order valence-electron chi connectivity index (χ4n) is 1.92. The molecule has 0 aromatic heterocycles. The number of rotatable bonds is 4. The summed E-state index contributed by atoms with van der Waals surface area (Å²) >= 11 is 0. The normalized spacial score (nSPS) is 19.9. The third-order valence-corrected chi connectivity index (χ3v) is 2.78. The topological polar surface area (TPSA) is 52.6 Å². The molecule has 16 heavy (non-hydrogen) atoms. The molecule has 86 valence electrons. The Labute approximate surface area is 94.9 Å². The van der Waals surface area contributed by atoms with Crippen molar-refractivity contribution in [2.24, 2.45) is 0 Å². The zero-order valence-electron chi connectivity index (χ0n) is 9.10. The Bertz CT molecular complexity index is 353. The van der Waals surface area contributed by atoms with E-state index in [1.165, 1.54) is 0 Å². The van der Waals surface area contributed by atoms with E-state index in [1.54, 1.807) is 4.90 Å². The molecule has 1 aromatic carbocycles. The van der Waals surface area contributed by atoms with Gasteiger partial charge in [0.25, 0.3) is 0 Å². The number of hydrogen-bond donors (Lipinski definition) is 2. The molecular formula is C12H16N2O2. The highest BCUT2D eigenvalue weighted by molar-refractivity contribution is 5.77. The molecule has 1 heterocycles. The Morgan fingerprint density at radius 1 is 1.38 bits per heavy atom. The van der Waals surface area contributed by atoms with Crippen molar-refractivity contribution in [2.45, 2.75) is 12.5 Å². The summed E-state index contributed by atoms with van der Waals surface area (Å²) < 4.78 is 0. The monoisotopic (exact) mass is 220 g/mol. The van der Waals surface area contributed by atoms with Crippen molar-refractivity contribution in [3.8, 4) is 0 Å². The first-order chi connectivity index (χ1) is 7.81. The van der Waals surface area contributed by atoms with Gasteiger partial charge in [-0.15, -0.1) is 0 Å². The summed E-state index contributed by atoms with van der Waals surface area (Å²) in [6, 6.07) is 9.97. The Morgan fingerprint density at radius 2 is 2.12 bits per heavy atom. The first kappa shape index (κ1) is 11.0. The zero-order valence-corrected chi connectivity index (χ0v) is 9.10. The molecule has 2 amide bonds. The maximum Gasteiger partial charge on any atom is 0.318 e. The number of hydrogen-bond acceptors (Lipinski definition) is 2. The van der Waals surface area contributed by atoms with E-state index in [9.17, 15) is 4.79 Å². The second kappa shape index (κ2) is 4.99. The number of carbonyl (C=O) groups excluding carboxylic acids is 1. The van der Waals surface area contributed by atoms with Crippen LogP contribution in [0.25, 0.3) is 0 Å². The van der Waals surface area contributed by atoms with E-state index in [1.807, 2.05) is 30.3 Å². The van der Waals surface area contributed by atoms with Crippen LogP contribution in [0.3, 0.4) is 0 Å². The second-order valence-electron chi connectivity index (χ2n) is 3.94. The van der Waals surface area contributed by atoms with Gasteiger partial charge in [-0.1, -0.05) is 30.3 Å². The van der Waals surface area contributed by atoms with Crippen LogP contribution in [0, 0.1) is 0 Å². The molecule has 1 aliphatic heterocycles. The Morgan fingerprint density at radius 3 is 2.81 bits per heavy atom. The maximum atomic E-state index is 11.6. The quantitative estimate of drug-likeness (QED) is 0.799. The van der Waals surface area contributed by atoms with Crippen molar-refractivity contribution in [3.05, 3.63) is 35.9 Å². The lowest BCUT2D eigenvalue weighted by atomic mass is 10.1. The predicted octanol–water partition coefficient (Wildman–Crippen LogP) is 1.14. The zero-order chi connectivity index (χ0) is 11.4. The lowest BCUT2D eigenvalue weighted by molar-refractivity contribution is 0.209. The molecule has 1 aromatic rings. The Kier molecular flexibility index (Phi) is 3.41. The van der Waals surface area contributed by atoms with Crippen LogP contribution in [0.15, 0.2) is 30.3 Å². The lowest BCUT2D eigenvalue weighted by Gasteiger charge is -2.13. The van der Waals surface area contributed by atoms with Gasteiger partial charge in [-0.3, -0.25) is 0 Å². The molecule has 1 saturated heterocycles. The fourth-order valence-corrected chi connectivity index (χ4v) is 1.92. The summed E-state index contributed by atoms with van der Waals surface area (Å²) in [5, 5.41) is 11.7. The first-order valence-corrected chi connectivity index (χ1v) is 5.52. The second-order valence-corrected chi connectivity index (χ2v) is 3.94. The first-order valence-electron chi connectivity index (χ1n) is 5.52. The summed E-state index contributed by atoms with van der Waals surface area (Å²) in [4.78, 5) is 13.3. The van der Waals surface area contributed by atoms with Gasteiger partial charge in [0.2, 0.25) is 0 Å². The van der Waals surface area contributed by atoms with E-state index in [0.717, 1.165) is 5.56 Å². The van der Waals surface area contributed by atoms with E-state index in [0.29, 0.717) is 19.5 Å². The van der Waals surface area contributed by atoms with Crippen LogP contribution in [0.4, 0.5) is 4.79 Å². The molecule has 0 aliphatic carbocycles. The van der Waals surface area contributed by atoms with Gasteiger partial charge in [-0.2, -0.15) is 0 Å². The third kappa shape index (κ3) is 2.33. The molecule has 2 rings (SSSR count). The van der Waals surface area contributed by atoms with Crippen molar-refractivity contribution in [2.75, 3.05) is 19.7 Å². The number of nitrogens with one attached hydrogen (secondary N) is 1. The highest BCUT2D eigenvalue weighted by Crippen LogP contribution is 2.19. The third-order valence-electron chi connectivity index (χ3n) is 2.78. The minimum Gasteiger partial charge on any atom is -0.396 e. The molecule has 1 fully saturated rings. The van der Waals surface area contributed by atoms with Crippen LogP contribution < -0.4 is 5.32 Å². The fraction of sp³-hybridized carbons (Fsp3) is 0.417. The molecule has 4 heteroatoms. The molecule has 0 saturated carbocycles. The van der Waals surface area contributed by atoms with Crippen LogP contribution in [0.1, 0.15) is 18.0 Å². The summed E-state index contributed by atoms with van der Waals surface area (Å²) in [6.07, 6.45) is 0.634. The molecule has 1 atom stereocenters. The minimum atomic E-state index is -0.0395. The number of nitrogens with zero attached hydrogens (tertiary/aromatic N) is 1. The summed E-state index contributed by atoms with van der Waals surface area (Å²) in [5.41, 5.74) is 1.13. The number of urea groups is 1. The maximum absolute atomic E-state index is 11.6. The highest BCUT2D eigenvalue weighted by atomic mass is 16.3. The molecule has 0 spiro atoms. The van der Waals surface area contributed by atoms with Crippen molar-refractivity contribution in [1.29, 1.82) is 0 Å². The smallest absolute Gasteiger partial charge is 0.318 e. The van der Waals surface area contributed by atoms with Gasteiger partial charge in [0.1, 0.15) is 0 Å². The van der Waals surface area contributed by atoms with Gasteiger partial charge in [0.05, 0.1) is 6.04 Å². The molecule has 2 N–H and O–H groups in total. The van der Waals surface area contributed by atoms with Crippen LogP contribution in [-0.4, -0.2) is 35.7 Å². The van der Waals surface area contributed by atoms with Crippen molar-refractivity contribution in [1.82, 2.24) is 10.2 Å². The van der Waals surface area contributed by atoms with Crippen LogP contribution in [-0.2, 0) is 0 Å². The van der Waals surface area contributed by atoms with E-state index in [2.05, 4.69) is 5.32 Å². The van der Waals surface area contributed by atoms with Gasteiger partial charge in [-0.05, 0) is 12.0 Å². The van der Waals surface area contributed by atoms with Crippen LogP contribution in [0.2, 0.25) is 0 Å². The van der Waals surface area contributed by atoms with Gasteiger partial charge >= 0.3 is 6.03 Å². The molecule has 0 radical (unpaired) electrons. The number of benzene rings is 1. The van der Waals surface area contributed by atoms with Gasteiger partial charge in [0.15, 0.2) is 0 Å². The molecule has 4 nitrogen and oxygen atoms in total. The lowest BCUT2D eigenvalue weighted by Crippen LogP contribution is -2.29. The number of aliphatic hydroxyl groups excluding tert-OH is 1. The van der Waals surface area contributed by atoms with Gasteiger partial charge in [0, 0.05) is 19.7 Å². The van der Waals surface area contributed by atoms with E-state index in [-0.39, 0.29) is 18.7 Å². The largest absolute Gasteiger partial charge is 0.396 e. The minimum absolute atomic E-state index is 0.0395. The van der Waals surface area contributed by atoms with E-state index < -0.39 is 0 Å². The van der Waals surface area contributed by atoms with Crippen LogP contribution >= 0.6 is 0 Å². The van der Waals surface area contributed by atoms with Crippen molar-refractivity contribution >= 4 is 6.03 Å². The van der Waals surface area contributed by atoms with E-state index >= 15 is 0 Å². The van der Waals surface area contributed by atoms with E-state index in [4.69, 9.17) is 5.11 Å². The Hall–Kier alpha value is -1.55. The molecule has 1 aliphatic rings. The highest BCUT2D eigenvalue weighted by Gasteiger charge is 2.28. The number of amides is 2. The predicted molar refractivity (Wildman–Crippen MR) is 61.0 cm³/mol. The number of carbonyl (C=O) groups is 1. The summed E-state index contributed by atoms with van der Waals surface area (Å²) in [7, 11) is 0. The SMILES string of the molecule is O=C1NC(c2ccccc2)CN1CCCO. The Balaban J connectivity index is 1.98.